The minimum atomic E-state index is -0.720. The maximum Gasteiger partial charge on any atom is 0.308 e. The third-order valence-corrected chi connectivity index (χ3v) is 7.67. The molecule has 0 bridgehead atoms. The number of carbonyl (C=O) groups is 2. The molecule has 27 heavy (non-hydrogen) atoms. The molecule has 0 spiro atoms. The zero-order chi connectivity index (χ0) is 19.2. The van der Waals surface area contributed by atoms with Gasteiger partial charge in [-0.25, -0.2) is 0 Å². The monoisotopic (exact) mass is 378 g/mol. The van der Waals surface area contributed by atoms with Gasteiger partial charge in [0, 0.05) is 0 Å². The Bertz CT molecular complexity index is 495. The van der Waals surface area contributed by atoms with Crippen LogP contribution in [0.2, 0.25) is 0 Å². The van der Waals surface area contributed by atoms with Crippen LogP contribution in [0.25, 0.3) is 0 Å². The summed E-state index contributed by atoms with van der Waals surface area (Å²) in [7, 11) is 0. The molecule has 4 atom stereocenters. The molecule has 0 aromatic heterocycles. The van der Waals surface area contributed by atoms with Gasteiger partial charge in [-0.15, -0.1) is 0 Å². The molecule has 4 unspecified atom stereocenters. The Morgan fingerprint density at radius 1 is 0.852 bits per heavy atom. The zero-order valence-electron chi connectivity index (χ0n) is 17.0. The van der Waals surface area contributed by atoms with Gasteiger partial charge in [-0.1, -0.05) is 32.6 Å². The highest BCUT2D eigenvalue weighted by Gasteiger charge is 2.36. The smallest absolute Gasteiger partial charge is 0.308 e. The predicted octanol–water partition coefficient (Wildman–Crippen LogP) is 5.44. The third kappa shape index (κ3) is 5.71. The number of esters is 1. The zero-order valence-corrected chi connectivity index (χ0v) is 17.0. The number of hydrogen-bond donors (Lipinski definition) is 1. The number of carbonyl (C=O) groups excluding carboxylic acids is 1. The lowest BCUT2D eigenvalue weighted by atomic mass is 9.82. The Morgan fingerprint density at radius 3 is 2.07 bits per heavy atom. The number of rotatable bonds is 8. The number of unbranched alkanes of at least 4 members (excludes halogenated alkanes) is 1. The second kappa shape index (κ2) is 9.93. The van der Waals surface area contributed by atoms with Crippen LogP contribution in [-0.4, -0.2) is 23.7 Å². The van der Waals surface area contributed by atoms with Crippen molar-refractivity contribution in [1.29, 1.82) is 0 Å². The van der Waals surface area contributed by atoms with Crippen LogP contribution in [-0.2, 0) is 14.3 Å². The lowest BCUT2D eigenvalue weighted by Gasteiger charge is -2.25. The van der Waals surface area contributed by atoms with Crippen molar-refractivity contribution >= 4 is 11.9 Å². The predicted molar refractivity (Wildman–Crippen MR) is 105 cm³/mol. The summed E-state index contributed by atoms with van der Waals surface area (Å²) in [4.78, 5) is 23.4. The molecule has 3 aliphatic carbocycles. The largest absolute Gasteiger partial charge is 0.481 e. The van der Waals surface area contributed by atoms with Gasteiger partial charge in [-0.05, 0) is 81.5 Å². The van der Waals surface area contributed by atoms with Crippen molar-refractivity contribution in [2.24, 2.45) is 35.5 Å². The molecule has 3 aliphatic rings. The molecule has 0 saturated heterocycles. The minimum Gasteiger partial charge on any atom is -0.481 e. The van der Waals surface area contributed by atoms with Crippen LogP contribution in [0.4, 0.5) is 0 Å². The van der Waals surface area contributed by atoms with E-state index in [9.17, 15) is 9.59 Å². The van der Waals surface area contributed by atoms with Crippen molar-refractivity contribution in [2.75, 3.05) is 6.61 Å². The van der Waals surface area contributed by atoms with Crippen molar-refractivity contribution in [3.8, 4) is 0 Å². The van der Waals surface area contributed by atoms with E-state index in [2.05, 4.69) is 6.92 Å². The Morgan fingerprint density at radius 2 is 1.44 bits per heavy atom. The molecular weight excluding hydrogens is 340 g/mol. The lowest BCUT2D eigenvalue weighted by molar-refractivity contribution is -0.153. The van der Waals surface area contributed by atoms with Gasteiger partial charge < -0.3 is 9.84 Å². The molecule has 3 rings (SSSR count). The van der Waals surface area contributed by atoms with Crippen LogP contribution in [0.5, 0.6) is 0 Å². The van der Waals surface area contributed by atoms with Crippen LogP contribution in [0.1, 0.15) is 90.4 Å². The Kier molecular flexibility index (Phi) is 7.60. The molecule has 1 N–H and O–H groups in total. The fourth-order valence-electron chi connectivity index (χ4n) is 5.88. The maximum atomic E-state index is 12.3. The number of carboxylic acid groups (broad SMARTS) is 1. The van der Waals surface area contributed by atoms with E-state index in [-0.39, 0.29) is 17.8 Å². The van der Waals surface area contributed by atoms with Gasteiger partial charge in [0.2, 0.25) is 0 Å². The third-order valence-electron chi connectivity index (χ3n) is 7.67. The van der Waals surface area contributed by atoms with Crippen LogP contribution in [0.15, 0.2) is 0 Å². The molecule has 3 saturated carbocycles. The molecule has 0 radical (unpaired) electrons. The van der Waals surface area contributed by atoms with Gasteiger partial charge in [-0.2, -0.15) is 0 Å². The standard InChI is InChI=1S/C23H38O4/c1-2-3-4-16-5-7-20(13-16)21-8-6-17(14-21)15-27-23(26)19-11-9-18(10-12-19)22(24)25/h16-21H,2-15H2,1H3,(H,24,25). The molecule has 4 heteroatoms. The average Bonchev–Trinajstić information content (AvgIpc) is 3.33. The first-order valence-corrected chi connectivity index (χ1v) is 11.5. The second-order valence-corrected chi connectivity index (χ2v) is 9.54. The van der Waals surface area contributed by atoms with E-state index in [4.69, 9.17) is 9.84 Å². The number of hydrogen-bond acceptors (Lipinski definition) is 3. The number of carboxylic acids is 1. The quantitative estimate of drug-likeness (QED) is 0.571. The SMILES string of the molecule is CCCCC1CCC(C2CCC(COC(=O)C3CCC(C(=O)O)CC3)C2)C1. The van der Waals surface area contributed by atoms with Gasteiger partial charge in [0.05, 0.1) is 18.4 Å². The fraction of sp³-hybridized carbons (Fsp3) is 0.913. The highest BCUT2D eigenvalue weighted by atomic mass is 16.5. The Hall–Kier alpha value is -1.06. The molecule has 3 fully saturated rings. The summed E-state index contributed by atoms with van der Waals surface area (Å²) in [6.45, 7) is 2.87. The summed E-state index contributed by atoms with van der Waals surface area (Å²) >= 11 is 0. The summed E-state index contributed by atoms with van der Waals surface area (Å²) < 4.78 is 5.66. The number of ether oxygens (including phenoxy) is 1. The molecule has 154 valence electrons. The first kappa shape index (κ1) is 20.7. The molecule has 0 amide bonds. The van der Waals surface area contributed by atoms with E-state index in [1.807, 2.05) is 0 Å². The topological polar surface area (TPSA) is 63.6 Å². The first-order chi connectivity index (χ1) is 13.1. The van der Waals surface area contributed by atoms with Crippen LogP contribution >= 0.6 is 0 Å². The highest BCUT2D eigenvalue weighted by molar-refractivity contribution is 5.74. The fourth-order valence-corrected chi connectivity index (χ4v) is 5.88. The molecular formula is C23H38O4. The molecule has 0 aliphatic heterocycles. The summed E-state index contributed by atoms with van der Waals surface area (Å²) in [5.41, 5.74) is 0. The Balaban J connectivity index is 1.33. The van der Waals surface area contributed by atoms with Gasteiger partial charge in [-0.3, -0.25) is 9.59 Å². The van der Waals surface area contributed by atoms with Crippen molar-refractivity contribution in [1.82, 2.24) is 0 Å². The molecule has 0 aromatic rings. The van der Waals surface area contributed by atoms with E-state index in [0.717, 1.165) is 17.8 Å². The molecule has 4 nitrogen and oxygen atoms in total. The van der Waals surface area contributed by atoms with Crippen LogP contribution < -0.4 is 0 Å². The summed E-state index contributed by atoms with van der Waals surface area (Å²) in [5, 5.41) is 9.07. The van der Waals surface area contributed by atoms with E-state index in [1.54, 1.807) is 0 Å². The van der Waals surface area contributed by atoms with Crippen LogP contribution in [0, 0.1) is 35.5 Å². The highest BCUT2D eigenvalue weighted by Crippen LogP contribution is 2.46. The maximum absolute atomic E-state index is 12.3. The minimum absolute atomic E-state index is 0.0769. The summed E-state index contributed by atoms with van der Waals surface area (Å²) in [5.74, 6) is 2.14. The van der Waals surface area contributed by atoms with Gasteiger partial charge in [0.15, 0.2) is 0 Å². The van der Waals surface area contributed by atoms with Gasteiger partial charge in [0.25, 0.3) is 0 Å². The van der Waals surface area contributed by atoms with E-state index >= 15 is 0 Å². The molecule has 0 heterocycles. The summed E-state index contributed by atoms with van der Waals surface area (Å²) in [6.07, 6.45) is 14.7. The van der Waals surface area contributed by atoms with Gasteiger partial charge in [0.1, 0.15) is 0 Å². The number of aliphatic carboxylic acids is 1. The van der Waals surface area contributed by atoms with Crippen molar-refractivity contribution < 1.29 is 19.4 Å². The van der Waals surface area contributed by atoms with Gasteiger partial charge >= 0.3 is 11.9 Å². The van der Waals surface area contributed by atoms with Crippen LogP contribution in [0.3, 0.4) is 0 Å². The van der Waals surface area contributed by atoms with Crippen molar-refractivity contribution in [3.05, 3.63) is 0 Å². The lowest BCUT2D eigenvalue weighted by Crippen LogP contribution is -2.28. The van der Waals surface area contributed by atoms with E-state index in [1.165, 1.54) is 57.8 Å². The summed E-state index contributed by atoms with van der Waals surface area (Å²) in [6, 6.07) is 0. The van der Waals surface area contributed by atoms with E-state index < -0.39 is 5.97 Å². The molecule has 0 aromatic carbocycles. The van der Waals surface area contributed by atoms with Crippen molar-refractivity contribution in [2.45, 2.75) is 90.4 Å². The first-order valence-electron chi connectivity index (χ1n) is 11.5. The Labute approximate surface area is 164 Å². The van der Waals surface area contributed by atoms with E-state index in [0.29, 0.717) is 38.2 Å². The average molecular weight is 379 g/mol. The second-order valence-electron chi connectivity index (χ2n) is 9.54. The van der Waals surface area contributed by atoms with Crippen molar-refractivity contribution in [3.63, 3.8) is 0 Å². The normalized spacial score (nSPS) is 36.6.